The van der Waals surface area contributed by atoms with Crippen molar-refractivity contribution in [2.45, 2.75) is 30.4 Å². The van der Waals surface area contributed by atoms with E-state index in [4.69, 9.17) is 5.73 Å². The monoisotopic (exact) mass is 277 g/mol. The van der Waals surface area contributed by atoms with Crippen molar-refractivity contribution in [3.63, 3.8) is 0 Å². The highest BCUT2D eigenvalue weighted by atomic mass is 32.2. The van der Waals surface area contributed by atoms with E-state index in [-0.39, 0.29) is 0 Å². The predicted molar refractivity (Wildman–Crippen MR) is 80.6 cm³/mol. The minimum Gasteiger partial charge on any atom is -0.382 e. The molecule has 0 saturated heterocycles. The average Bonchev–Trinajstić information content (AvgIpc) is 3.05. The maximum Gasteiger partial charge on any atom is 0.180 e. The molecule has 102 valence electrons. The van der Waals surface area contributed by atoms with Crippen molar-refractivity contribution in [3.8, 4) is 0 Å². The molecule has 2 aromatic rings. The van der Waals surface area contributed by atoms with Crippen LogP contribution in [0.25, 0.3) is 5.65 Å². The normalized spacial score (nSPS) is 17.9. The van der Waals surface area contributed by atoms with Crippen LogP contribution in [0.4, 0.5) is 11.6 Å². The molecule has 2 aromatic heterocycles. The van der Waals surface area contributed by atoms with E-state index < -0.39 is 0 Å². The van der Waals surface area contributed by atoms with Crippen LogP contribution >= 0.6 is 11.8 Å². The number of rotatable bonds is 4. The minimum atomic E-state index is 0.343. The molecule has 0 aliphatic heterocycles. The van der Waals surface area contributed by atoms with Crippen LogP contribution in [0.3, 0.4) is 0 Å². The summed E-state index contributed by atoms with van der Waals surface area (Å²) in [6, 6.07) is 0. The van der Waals surface area contributed by atoms with Gasteiger partial charge in [0, 0.05) is 23.7 Å². The van der Waals surface area contributed by atoms with E-state index in [0.717, 1.165) is 18.0 Å². The SMILES string of the molecule is CSC1(CNc2nc(N)cn3ccnc23)CCCC1. The molecule has 5 nitrogen and oxygen atoms in total. The van der Waals surface area contributed by atoms with Crippen molar-refractivity contribution >= 4 is 29.0 Å². The lowest BCUT2D eigenvalue weighted by Crippen LogP contribution is -2.30. The molecule has 0 amide bonds. The number of hydrogen-bond acceptors (Lipinski definition) is 5. The van der Waals surface area contributed by atoms with Crippen molar-refractivity contribution in [2.75, 3.05) is 23.9 Å². The lowest BCUT2D eigenvalue weighted by Gasteiger charge is -2.27. The van der Waals surface area contributed by atoms with Crippen molar-refractivity contribution < 1.29 is 0 Å². The summed E-state index contributed by atoms with van der Waals surface area (Å²) in [5.41, 5.74) is 6.66. The maximum absolute atomic E-state index is 5.83. The van der Waals surface area contributed by atoms with E-state index in [0.29, 0.717) is 10.6 Å². The fraction of sp³-hybridized carbons (Fsp3) is 0.538. The summed E-state index contributed by atoms with van der Waals surface area (Å²) in [4.78, 5) is 8.70. The Kier molecular flexibility index (Phi) is 3.26. The number of nitrogens with zero attached hydrogens (tertiary/aromatic N) is 3. The lowest BCUT2D eigenvalue weighted by atomic mass is 10.1. The summed E-state index contributed by atoms with van der Waals surface area (Å²) in [5, 5.41) is 3.45. The zero-order chi connectivity index (χ0) is 13.3. The summed E-state index contributed by atoms with van der Waals surface area (Å²) >= 11 is 1.96. The third-order valence-electron chi connectivity index (χ3n) is 3.92. The van der Waals surface area contributed by atoms with Gasteiger partial charge in [0.1, 0.15) is 5.82 Å². The molecule has 2 heterocycles. The number of nitrogen functional groups attached to an aromatic ring is 1. The van der Waals surface area contributed by atoms with Crippen LogP contribution in [0.1, 0.15) is 25.7 Å². The van der Waals surface area contributed by atoms with Crippen molar-refractivity contribution in [1.82, 2.24) is 14.4 Å². The first-order valence-corrected chi connectivity index (χ1v) is 7.83. The van der Waals surface area contributed by atoms with Crippen molar-refractivity contribution in [3.05, 3.63) is 18.6 Å². The van der Waals surface area contributed by atoms with Gasteiger partial charge < -0.3 is 15.5 Å². The first-order valence-electron chi connectivity index (χ1n) is 6.61. The molecule has 0 spiro atoms. The summed E-state index contributed by atoms with van der Waals surface area (Å²) in [6.07, 6.45) is 12.8. The topological polar surface area (TPSA) is 68.2 Å². The second kappa shape index (κ2) is 4.92. The van der Waals surface area contributed by atoms with Crippen LogP contribution < -0.4 is 11.1 Å². The number of fused-ring (bicyclic) bond motifs is 1. The zero-order valence-electron chi connectivity index (χ0n) is 11.1. The Bertz CT molecular complexity index is 573. The van der Waals surface area contributed by atoms with Crippen LogP contribution in [-0.2, 0) is 0 Å². The number of nitrogens with one attached hydrogen (secondary N) is 1. The van der Waals surface area contributed by atoms with Gasteiger partial charge in [-0.15, -0.1) is 0 Å². The molecule has 1 aliphatic rings. The number of hydrogen-bond donors (Lipinski definition) is 2. The Balaban J connectivity index is 1.83. The summed E-state index contributed by atoms with van der Waals surface area (Å²) in [7, 11) is 0. The molecule has 1 fully saturated rings. The first-order chi connectivity index (χ1) is 9.22. The molecule has 3 N–H and O–H groups in total. The molecule has 0 atom stereocenters. The van der Waals surface area contributed by atoms with E-state index in [1.165, 1.54) is 25.7 Å². The predicted octanol–water partition coefficient (Wildman–Crippen LogP) is 2.40. The lowest BCUT2D eigenvalue weighted by molar-refractivity contribution is 0.639. The molecule has 0 radical (unpaired) electrons. The third kappa shape index (κ3) is 2.36. The largest absolute Gasteiger partial charge is 0.382 e. The van der Waals surface area contributed by atoms with Gasteiger partial charge in [-0.25, -0.2) is 9.97 Å². The number of imidazole rings is 1. The van der Waals surface area contributed by atoms with E-state index in [1.807, 2.05) is 22.4 Å². The van der Waals surface area contributed by atoms with E-state index in [1.54, 1.807) is 12.4 Å². The average molecular weight is 277 g/mol. The smallest absolute Gasteiger partial charge is 0.180 e. The maximum atomic E-state index is 5.83. The van der Waals surface area contributed by atoms with Gasteiger partial charge in [0.25, 0.3) is 0 Å². The molecule has 6 heteroatoms. The fourth-order valence-corrected chi connectivity index (χ4v) is 3.70. The van der Waals surface area contributed by atoms with Crippen LogP contribution in [0.5, 0.6) is 0 Å². The molecular weight excluding hydrogens is 258 g/mol. The molecule has 0 bridgehead atoms. The number of thioether (sulfide) groups is 1. The van der Waals surface area contributed by atoms with Gasteiger partial charge in [-0.3, -0.25) is 0 Å². The fourth-order valence-electron chi connectivity index (χ4n) is 2.79. The molecule has 3 rings (SSSR count). The van der Waals surface area contributed by atoms with Gasteiger partial charge in [0.15, 0.2) is 11.5 Å². The van der Waals surface area contributed by atoms with Crippen LogP contribution in [-0.4, -0.2) is 31.9 Å². The minimum absolute atomic E-state index is 0.343. The summed E-state index contributed by atoms with van der Waals surface area (Å²) in [6.45, 7) is 0.924. The summed E-state index contributed by atoms with van der Waals surface area (Å²) < 4.78 is 2.25. The van der Waals surface area contributed by atoms with E-state index in [9.17, 15) is 0 Å². The quantitative estimate of drug-likeness (QED) is 0.898. The Morgan fingerprint density at radius 1 is 1.47 bits per heavy atom. The van der Waals surface area contributed by atoms with Crippen LogP contribution in [0.2, 0.25) is 0 Å². The van der Waals surface area contributed by atoms with Crippen LogP contribution in [0.15, 0.2) is 18.6 Å². The Morgan fingerprint density at radius 3 is 3.00 bits per heavy atom. The van der Waals surface area contributed by atoms with E-state index in [2.05, 4.69) is 21.5 Å². The van der Waals surface area contributed by atoms with Crippen LogP contribution in [0, 0.1) is 0 Å². The molecule has 19 heavy (non-hydrogen) atoms. The van der Waals surface area contributed by atoms with Gasteiger partial charge in [-0.1, -0.05) is 12.8 Å². The first kappa shape index (κ1) is 12.6. The van der Waals surface area contributed by atoms with Gasteiger partial charge in [-0.2, -0.15) is 11.8 Å². The highest BCUT2D eigenvalue weighted by Gasteiger charge is 2.32. The number of aromatic nitrogens is 3. The molecule has 0 unspecified atom stereocenters. The standard InChI is InChI=1S/C13H19N5S/c1-19-13(4-2-3-5-13)9-16-11-12-15-6-7-18(12)8-10(14)17-11/h6-8H,2-5,9,14H2,1H3,(H,16,17). The van der Waals surface area contributed by atoms with Crippen molar-refractivity contribution in [1.29, 1.82) is 0 Å². The molecular formula is C13H19N5S. The highest BCUT2D eigenvalue weighted by molar-refractivity contribution is 8.00. The highest BCUT2D eigenvalue weighted by Crippen LogP contribution is 2.40. The second-order valence-corrected chi connectivity index (χ2v) is 6.39. The van der Waals surface area contributed by atoms with Gasteiger partial charge >= 0.3 is 0 Å². The van der Waals surface area contributed by atoms with E-state index >= 15 is 0 Å². The van der Waals surface area contributed by atoms with Gasteiger partial charge in [-0.05, 0) is 19.1 Å². The molecule has 1 aliphatic carbocycles. The summed E-state index contributed by atoms with van der Waals surface area (Å²) in [5.74, 6) is 1.29. The Hall–Kier alpha value is -1.43. The Morgan fingerprint density at radius 2 is 2.26 bits per heavy atom. The zero-order valence-corrected chi connectivity index (χ0v) is 11.9. The second-order valence-electron chi connectivity index (χ2n) is 5.12. The third-order valence-corrected chi connectivity index (χ3v) is 5.34. The molecule has 0 aromatic carbocycles. The Labute approximate surface area is 117 Å². The van der Waals surface area contributed by atoms with Crippen molar-refractivity contribution in [2.24, 2.45) is 0 Å². The van der Waals surface area contributed by atoms with Gasteiger partial charge in [0.2, 0.25) is 0 Å². The molecule has 1 saturated carbocycles. The van der Waals surface area contributed by atoms with Gasteiger partial charge in [0.05, 0.1) is 6.20 Å². The number of nitrogens with two attached hydrogens (primary N) is 1. The number of anilines is 2.